The van der Waals surface area contributed by atoms with Crippen LogP contribution < -0.4 is 5.32 Å². The minimum absolute atomic E-state index is 0.0132. The van der Waals surface area contributed by atoms with Gasteiger partial charge >= 0.3 is 0 Å². The van der Waals surface area contributed by atoms with Gasteiger partial charge in [-0.2, -0.15) is 0 Å². The molecule has 1 N–H and O–H groups in total. The van der Waals surface area contributed by atoms with Crippen LogP contribution in [0.25, 0.3) is 0 Å². The van der Waals surface area contributed by atoms with Gasteiger partial charge in [0.2, 0.25) is 0 Å². The van der Waals surface area contributed by atoms with Crippen LogP contribution in [0.4, 0.5) is 0 Å². The van der Waals surface area contributed by atoms with Gasteiger partial charge in [-0.05, 0) is 49.8 Å². The summed E-state index contributed by atoms with van der Waals surface area (Å²) in [4.78, 5) is 17.2. The van der Waals surface area contributed by atoms with E-state index in [1.165, 1.54) is 5.71 Å². The molecule has 0 aliphatic heterocycles. The molecule has 3 nitrogen and oxygen atoms in total. The van der Waals surface area contributed by atoms with E-state index in [1.807, 2.05) is 50.4 Å². The van der Waals surface area contributed by atoms with Crippen LogP contribution in [0.5, 0.6) is 0 Å². The van der Waals surface area contributed by atoms with Gasteiger partial charge in [0, 0.05) is 30.8 Å². The van der Waals surface area contributed by atoms with Crippen molar-refractivity contribution in [2.75, 3.05) is 7.05 Å². The van der Waals surface area contributed by atoms with E-state index in [1.54, 1.807) is 0 Å². The third-order valence-electron chi connectivity index (χ3n) is 5.31. The third kappa shape index (κ3) is 3.81. The molecule has 0 heterocycles. The quantitative estimate of drug-likeness (QED) is 0.803. The molecule has 3 heteroatoms. The molecule has 2 atom stereocenters. The molecule has 25 heavy (non-hydrogen) atoms. The van der Waals surface area contributed by atoms with Crippen molar-refractivity contribution in [3.05, 3.63) is 70.8 Å². The van der Waals surface area contributed by atoms with E-state index in [9.17, 15) is 4.79 Å². The van der Waals surface area contributed by atoms with Crippen LogP contribution >= 0.6 is 0 Å². The molecule has 1 aliphatic rings. The van der Waals surface area contributed by atoms with Gasteiger partial charge < -0.3 is 5.32 Å². The van der Waals surface area contributed by atoms with Gasteiger partial charge in [0.1, 0.15) is 0 Å². The van der Waals surface area contributed by atoms with Crippen LogP contribution in [-0.4, -0.2) is 18.7 Å². The van der Waals surface area contributed by atoms with Gasteiger partial charge in [-0.15, -0.1) is 0 Å². The van der Waals surface area contributed by atoms with Crippen molar-refractivity contribution in [1.29, 1.82) is 0 Å². The summed E-state index contributed by atoms with van der Waals surface area (Å²) in [6.45, 7) is 4.69. The summed E-state index contributed by atoms with van der Waals surface area (Å²) in [5.74, 6) is 0.884. The number of rotatable bonds is 5. The minimum atomic E-state index is 0.0132. The van der Waals surface area contributed by atoms with Crippen LogP contribution in [0.3, 0.4) is 0 Å². The fraction of sp³-hybridized carbons (Fsp3) is 0.364. The zero-order valence-electron chi connectivity index (χ0n) is 15.3. The Labute approximate surface area is 150 Å². The van der Waals surface area contributed by atoms with Gasteiger partial charge in [0.15, 0.2) is 0 Å². The molecule has 0 spiro atoms. The number of aliphatic imine (C=N–C) groups is 1. The molecular formula is C22H26N2O. The molecule has 130 valence electrons. The first-order valence-corrected chi connectivity index (χ1v) is 8.96. The van der Waals surface area contributed by atoms with Gasteiger partial charge in [0.05, 0.1) is 0 Å². The summed E-state index contributed by atoms with van der Waals surface area (Å²) in [5.41, 5.74) is 5.39. The first-order valence-electron chi connectivity index (χ1n) is 8.96. The van der Waals surface area contributed by atoms with Gasteiger partial charge in [-0.1, -0.05) is 48.0 Å². The normalized spacial score (nSPS) is 20.0. The van der Waals surface area contributed by atoms with E-state index >= 15 is 0 Å². The average molecular weight is 334 g/mol. The number of carbonyl (C=O) groups is 1. The van der Waals surface area contributed by atoms with Crippen molar-refractivity contribution in [2.45, 2.75) is 39.2 Å². The number of hydrogen-bond acceptors (Lipinski definition) is 2. The lowest BCUT2D eigenvalue weighted by atomic mass is 9.67. The Kier molecular flexibility index (Phi) is 5.32. The second-order valence-electron chi connectivity index (χ2n) is 6.91. The highest BCUT2D eigenvalue weighted by atomic mass is 16.1. The van der Waals surface area contributed by atoms with Crippen molar-refractivity contribution >= 4 is 11.6 Å². The highest BCUT2D eigenvalue weighted by Crippen LogP contribution is 2.44. The van der Waals surface area contributed by atoms with Gasteiger partial charge in [-0.3, -0.25) is 9.79 Å². The smallest absolute Gasteiger partial charge is 0.251 e. The molecular weight excluding hydrogens is 308 g/mol. The average Bonchev–Trinajstić information content (AvgIpc) is 2.61. The standard InChI is InChI=1S/C22H26N2O/c1-15-9-10-20(19-12-11-18(19)16(2)23-3)21(13-15)22(25)24-14-17-7-5-4-6-8-17/h4-10,13,18-19H,11-12,14H2,1-3H3,(H,24,25)/b23-16+/t18?,19-/m1/s1. The van der Waals surface area contributed by atoms with E-state index in [0.717, 1.165) is 35.1 Å². The predicted molar refractivity (Wildman–Crippen MR) is 103 cm³/mol. The summed E-state index contributed by atoms with van der Waals surface area (Å²) >= 11 is 0. The first kappa shape index (κ1) is 17.4. The Bertz CT molecular complexity index is 780. The van der Waals surface area contributed by atoms with Crippen molar-refractivity contribution < 1.29 is 4.79 Å². The molecule has 2 aromatic rings. The topological polar surface area (TPSA) is 41.5 Å². The van der Waals surface area contributed by atoms with Crippen LogP contribution in [0.2, 0.25) is 0 Å². The molecule has 0 radical (unpaired) electrons. The highest BCUT2D eigenvalue weighted by molar-refractivity contribution is 5.96. The van der Waals surface area contributed by atoms with Crippen molar-refractivity contribution in [2.24, 2.45) is 10.9 Å². The van der Waals surface area contributed by atoms with Crippen molar-refractivity contribution in [3.63, 3.8) is 0 Å². The molecule has 0 aromatic heterocycles. The Morgan fingerprint density at radius 1 is 1.16 bits per heavy atom. The molecule has 1 fully saturated rings. The first-order chi connectivity index (χ1) is 12.1. The number of benzene rings is 2. The molecule has 0 saturated heterocycles. The highest BCUT2D eigenvalue weighted by Gasteiger charge is 2.36. The van der Waals surface area contributed by atoms with E-state index < -0.39 is 0 Å². The van der Waals surface area contributed by atoms with E-state index in [4.69, 9.17) is 0 Å². The molecule has 1 amide bonds. The maximum Gasteiger partial charge on any atom is 0.251 e. The molecule has 1 unspecified atom stereocenters. The van der Waals surface area contributed by atoms with E-state index in [2.05, 4.69) is 29.4 Å². The van der Waals surface area contributed by atoms with Crippen LogP contribution in [-0.2, 0) is 6.54 Å². The van der Waals surface area contributed by atoms with Crippen LogP contribution in [0, 0.1) is 12.8 Å². The van der Waals surface area contributed by atoms with Gasteiger partial charge in [-0.25, -0.2) is 0 Å². The molecule has 2 aromatic carbocycles. The molecule has 3 rings (SSSR count). The Hall–Kier alpha value is -2.42. The summed E-state index contributed by atoms with van der Waals surface area (Å²) in [6.07, 6.45) is 2.28. The van der Waals surface area contributed by atoms with E-state index in [0.29, 0.717) is 18.4 Å². The van der Waals surface area contributed by atoms with Crippen LogP contribution in [0.1, 0.15) is 52.7 Å². The van der Waals surface area contributed by atoms with Gasteiger partial charge in [0.25, 0.3) is 5.91 Å². The summed E-state index contributed by atoms with van der Waals surface area (Å²) < 4.78 is 0. The van der Waals surface area contributed by atoms with E-state index in [-0.39, 0.29) is 5.91 Å². The number of aryl methyl sites for hydroxylation is 1. The van der Waals surface area contributed by atoms with Crippen molar-refractivity contribution in [3.8, 4) is 0 Å². The number of nitrogens with zero attached hydrogens (tertiary/aromatic N) is 1. The molecule has 1 saturated carbocycles. The number of hydrogen-bond donors (Lipinski definition) is 1. The Balaban J connectivity index is 1.81. The maximum atomic E-state index is 12.8. The number of amides is 1. The lowest BCUT2D eigenvalue weighted by Crippen LogP contribution is -2.32. The fourth-order valence-electron chi connectivity index (χ4n) is 3.60. The zero-order valence-corrected chi connectivity index (χ0v) is 15.3. The Morgan fingerprint density at radius 2 is 1.92 bits per heavy atom. The SMILES string of the molecule is C/N=C(\C)C1CC[C@H]1c1ccc(C)cc1C(=O)NCc1ccccc1. The number of carbonyl (C=O) groups excluding carboxylic acids is 1. The summed E-state index contributed by atoms with van der Waals surface area (Å²) in [7, 11) is 1.85. The summed E-state index contributed by atoms with van der Waals surface area (Å²) in [5, 5.41) is 3.07. The largest absolute Gasteiger partial charge is 0.348 e. The monoisotopic (exact) mass is 334 g/mol. The lowest BCUT2D eigenvalue weighted by molar-refractivity contribution is 0.0948. The van der Waals surface area contributed by atoms with Crippen LogP contribution in [0.15, 0.2) is 53.5 Å². The maximum absolute atomic E-state index is 12.8. The van der Waals surface area contributed by atoms with Crippen molar-refractivity contribution in [1.82, 2.24) is 5.32 Å². The third-order valence-corrected chi connectivity index (χ3v) is 5.31. The second-order valence-corrected chi connectivity index (χ2v) is 6.91. The Morgan fingerprint density at radius 3 is 2.56 bits per heavy atom. The summed E-state index contributed by atoms with van der Waals surface area (Å²) in [6, 6.07) is 16.3. The minimum Gasteiger partial charge on any atom is -0.348 e. The molecule has 0 bridgehead atoms. The predicted octanol–water partition coefficient (Wildman–Crippen LogP) is 4.51. The lowest BCUT2D eigenvalue weighted by Gasteiger charge is -2.38. The number of nitrogens with one attached hydrogen (secondary N) is 1. The zero-order chi connectivity index (χ0) is 17.8. The second kappa shape index (κ2) is 7.64. The molecule has 1 aliphatic carbocycles. The fourth-order valence-corrected chi connectivity index (χ4v) is 3.60.